The van der Waals surface area contributed by atoms with E-state index in [1.165, 1.54) is 0 Å². The monoisotopic (exact) mass is 329 g/mol. The lowest BCUT2D eigenvalue weighted by atomic mass is 10.0. The molecule has 0 radical (unpaired) electrons. The molecule has 2 N–H and O–H groups in total. The van der Waals surface area contributed by atoms with E-state index < -0.39 is 0 Å². The highest BCUT2D eigenvalue weighted by atomic mass is 79.9. The van der Waals surface area contributed by atoms with Gasteiger partial charge in [0.2, 0.25) is 0 Å². The van der Waals surface area contributed by atoms with Crippen LogP contribution in [0.5, 0.6) is 0 Å². The summed E-state index contributed by atoms with van der Waals surface area (Å²) < 4.78 is 12.0. The summed E-state index contributed by atoms with van der Waals surface area (Å²) in [6.45, 7) is 1.99. The number of hydrogen-bond acceptors (Lipinski definition) is 3. The average Bonchev–Trinajstić information content (AvgIpc) is 2.92. The highest BCUT2D eigenvalue weighted by Crippen LogP contribution is 2.37. The molecule has 2 heterocycles. The molecule has 5 heteroatoms. The first kappa shape index (κ1) is 13.5. The van der Waals surface area contributed by atoms with Crippen LogP contribution in [-0.2, 0) is 6.42 Å². The third kappa shape index (κ3) is 1.94. The molecule has 1 atom stereocenters. The summed E-state index contributed by atoms with van der Waals surface area (Å²) in [7, 11) is 0. The Balaban J connectivity index is 0.00000120. The molecule has 0 amide bonds. The molecule has 2 aromatic heterocycles. The molecule has 1 unspecified atom stereocenters. The molecule has 3 rings (SSSR count). The lowest BCUT2D eigenvalue weighted by Crippen LogP contribution is -2.18. The van der Waals surface area contributed by atoms with Crippen LogP contribution in [0.3, 0.4) is 0 Å². The Hall–Kier alpha value is -0.970. The van der Waals surface area contributed by atoms with Gasteiger partial charge in [-0.05, 0) is 41.4 Å². The Labute approximate surface area is 119 Å². The van der Waals surface area contributed by atoms with E-state index in [9.17, 15) is 0 Å². The van der Waals surface area contributed by atoms with Gasteiger partial charge in [0.25, 0.3) is 0 Å². The third-order valence-electron chi connectivity index (χ3n) is 2.89. The van der Waals surface area contributed by atoms with E-state index in [2.05, 4.69) is 15.9 Å². The van der Waals surface area contributed by atoms with Gasteiger partial charge in [-0.3, -0.25) is 0 Å². The van der Waals surface area contributed by atoms with E-state index in [1.54, 1.807) is 12.5 Å². The van der Waals surface area contributed by atoms with E-state index in [1.807, 2.05) is 19.1 Å². The summed E-state index contributed by atoms with van der Waals surface area (Å²) in [5, 5.41) is 2.10. The molecule has 18 heavy (non-hydrogen) atoms. The fourth-order valence-corrected chi connectivity index (χ4v) is 2.82. The van der Waals surface area contributed by atoms with Crippen LogP contribution in [0.4, 0.5) is 0 Å². The minimum Gasteiger partial charge on any atom is -0.464 e. The van der Waals surface area contributed by atoms with Gasteiger partial charge in [-0.1, -0.05) is 0 Å². The second-order valence-corrected chi connectivity index (χ2v) is 5.09. The highest BCUT2D eigenvalue weighted by molar-refractivity contribution is 9.10. The van der Waals surface area contributed by atoms with E-state index in [0.29, 0.717) is 0 Å². The number of fused-ring (bicyclic) bond motifs is 2. The van der Waals surface area contributed by atoms with Crippen LogP contribution in [-0.4, -0.2) is 6.04 Å². The third-order valence-corrected chi connectivity index (χ3v) is 3.68. The molecule has 0 aliphatic carbocycles. The topological polar surface area (TPSA) is 52.3 Å². The second kappa shape index (κ2) is 4.96. The van der Waals surface area contributed by atoms with Gasteiger partial charge in [-0.25, -0.2) is 0 Å². The molecule has 0 spiro atoms. The normalized spacial score (nSPS) is 12.8. The summed E-state index contributed by atoms with van der Waals surface area (Å²) in [5.74, 6) is 0. The summed E-state index contributed by atoms with van der Waals surface area (Å²) >= 11 is 3.56. The van der Waals surface area contributed by atoms with Gasteiger partial charge in [0.05, 0.1) is 17.0 Å². The molecular weight excluding hydrogens is 318 g/mol. The molecule has 3 nitrogen and oxygen atoms in total. The molecule has 0 aliphatic rings. The number of rotatable bonds is 2. The van der Waals surface area contributed by atoms with Gasteiger partial charge in [0, 0.05) is 22.4 Å². The van der Waals surface area contributed by atoms with Gasteiger partial charge in [-0.2, -0.15) is 0 Å². The Morgan fingerprint density at radius 2 is 1.78 bits per heavy atom. The standard InChI is InChI=1S/C13H12BrNO2.ClH/c1-7(15)6-10-8-2-4-17-13(8)11(14)9-3-5-16-12(9)10;/h2-5,7H,6,15H2,1H3;1H. The zero-order valence-corrected chi connectivity index (χ0v) is 12.2. The predicted octanol–water partition coefficient (Wildman–Crippen LogP) is 4.25. The van der Waals surface area contributed by atoms with Crippen LogP contribution in [0, 0.1) is 0 Å². The number of nitrogens with two attached hydrogens (primary N) is 1. The minimum atomic E-state index is 0. The van der Waals surface area contributed by atoms with E-state index in [0.717, 1.165) is 38.4 Å². The maximum absolute atomic E-state index is 5.90. The molecule has 0 saturated heterocycles. The fourth-order valence-electron chi connectivity index (χ4n) is 2.20. The predicted molar refractivity (Wildman–Crippen MR) is 78.3 cm³/mol. The van der Waals surface area contributed by atoms with Crippen LogP contribution < -0.4 is 5.73 Å². The molecule has 0 saturated carbocycles. The summed E-state index contributed by atoms with van der Waals surface area (Å²) in [4.78, 5) is 0. The van der Waals surface area contributed by atoms with Crippen molar-refractivity contribution in [1.29, 1.82) is 0 Å². The van der Waals surface area contributed by atoms with E-state index in [-0.39, 0.29) is 18.4 Å². The van der Waals surface area contributed by atoms with Crippen molar-refractivity contribution < 1.29 is 8.83 Å². The summed E-state index contributed by atoms with van der Waals surface area (Å²) in [6, 6.07) is 3.98. The van der Waals surface area contributed by atoms with Crippen LogP contribution in [0.2, 0.25) is 0 Å². The van der Waals surface area contributed by atoms with E-state index in [4.69, 9.17) is 14.6 Å². The maximum Gasteiger partial charge on any atom is 0.149 e. The van der Waals surface area contributed by atoms with Crippen molar-refractivity contribution in [2.24, 2.45) is 5.73 Å². The first-order valence-electron chi connectivity index (χ1n) is 5.49. The number of halogens is 2. The largest absolute Gasteiger partial charge is 0.464 e. The zero-order chi connectivity index (χ0) is 12.0. The van der Waals surface area contributed by atoms with Gasteiger partial charge < -0.3 is 14.6 Å². The van der Waals surface area contributed by atoms with E-state index >= 15 is 0 Å². The van der Waals surface area contributed by atoms with Gasteiger partial charge in [0.15, 0.2) is 0 Å². The molecule has 0 bridgehead atoms. The van der Waals surface area contributed by atoms with Crippen molar-refractivity contribution >= 4 is 50.3 Å². The zero-order valence-electron chi connectivity index (χ0n) is 9.77. The van der Waals surface area contributed by atoms with Crippen molar-refractivity contribution in [1.82, 2.24) is 0 Å². The van der Waals surface area contributed by atoms with Crippen molar-refractivity contribution in [3.05, 3.63) is 34.7 Å². The second-order valence-electron chi connectivity index (χ2n) is 4.30. The number of benzene rings is 1. The Morgan fingerprint density at radius 3 is 2.44 bits per heavy atom. The first-order chi connectivity index (χ1) is 8.18. The van der Waals surface area contributed by atoms with Crippen molar-refractivity contribution in [2.45, 2.75) is 19.4 Å². The highest BCUT2D eigenvalue weighted by Gasteiger charge is 2.17. The van der Waals surface area contributed by atoms with Crippen molar-refractivity contribution in [3.8, 4) is 0 Å². The quantitative estimate of drug-likeness (QED) is 0.764. The number of furan rings is 2. The minimum absolute atomic E-state index is 0. The van der Waals surface area contributed by atoms with Gasteiger partial charge in [-0.15, -0.1) is 12.4 Å². The summed E-state index contributed by atoms with van der Waals surface area (Å²) in [5.41, 5.74) is 8.76. The smallest absolute Gasteiger partial charge is 0.149 e. The first-order valence-corrected chi connectivity index (χ1v) is 6.28. The van der Waals surface area contributed by atoms with Gasteiger partial charge >= 0.3 is 0 Å². The van der Waals surface area contributed by atoms with Crippen LogP contribution in [0.15, 0.2) is 38.0 Å². The average molecular weight is 331 g/mol. The lowest BCUT2D eigenvalue weighted by molar-refractivity contribution is 0.604. The van der Waals surface area contributed by atoms with Crippen LogP contribution in [0.1, 0.15) is 12.5 Å². The SMILES string of the molecule is CC(N)Cc1c2ccoc2c(Br)c2ccoc12.Cl. The van der Waals surface area contributed by atoms with Crippen molar-refractivity contribution in [2.75, 3.05) is 0 Å². The molecule has 96 valence electrons. The Kier molecular flexibility index (Phi) is 3.71. The van der Waals surface area contributed by atoms with Gasteiger partial charge in [0.1, 0.15) is 11.2 Å². The molecule has 1 aromatic carbocycles. The summed E-state index contributed by atoms with van der Waals surface area (Å²) in [6.07, 6.45) is 4.16. The lowest BCUT2D eigenvalue weighted by Gasteiger charge is -2.08. The number of hydrogen-bond donors (Lipinski definition) is 1. The molecule has 0 fully saturated rings. The Morgan fingerprint density at radius 1 is 1.17 bits per heavy atom. The molecule has 0 aliphatic heterocycles. The molecule has 3 aromatic rings. The van der Waals surface area contributed by atoms with Crippen LogP contribution in [0.25, 0.3) is 21.9 Å². The Bertz CT molecular complexity index is 635. The fraction of sp³-hybridized carbons (Fsp3) is 0.231. The van der Waals surface area contributed by atoms with Crippen LogP contribution >= 0.6 is 28.3 Å². The molecular formula is C13H13BrClNO2. The maximum atomic E-state index is 5.90. The van der Waals surface area contributed by atoms with Crippen molar-refractivity contribution in [3.63, 3.8) is 0 Å².